The summed E-state index contributed by atoms with van der Waals surface area (Å²) in [5, 5.41) is 4.01. The summed E-state index contributed by atoms with van der Waals surface area (Å²) in [5.41, 5.74) is -0.478. The maximum Gasteiger partial charge on any atom is 0.316 e. The molecule has 0 aromatic heterocycles. The molecule has 1 fully saturated rings. The van der Waals surface area contributed by atoms with Crippen LogP contribution in [0.3, 0.4) is 0 Å². The fourth-order valence-corrected chi connectivity index (χ4v) is 3.51. The molecule has 0 radical (unpaired) electrons. The van der Waals surface area contributed by atoms with Crippen molar-refractivity contribution in [2.24, 2.45) is 22.4 Å². The number of Topliss-reactive ketones (excluding diaryl/α,β-unsaturated/α-hetero) is 2. The minimum Gasteiger partial charge on any atom is -0.469 e. The molecule has 28 heavy (non-hydrogen) atoms. The van der Waals surface area contributed by atoms with Gasteiger partial charge in [0.2, 0.25) is 0 Å². The van der Waals surface area contributed by atoms with Crippen LogP contribution >= 0.6 is 0 Å². The summed E-state index contributed by atoms with van der Waals surface area (Å²) in [6.07, 6.45) is 2.75. The zero-order chi connectivity index (χ0) is 21.3. The molecule has 0 aromatic carbocycles. The standard InChI is InChI=1S/C20H31NO7/c1-6-28-21-13(10-8-7-9-11-15(23)26-4)16-14(22)12-20(2,3)17(18(16)24)19(25)27-5/h16-17H,6-12H2,1-5H3/b21-13-/t16-,17+/m0/s1. The van der Waals surface area contributed by atoms with Gasteiger partial charge in [0, 0.05) is 12.8 Å². The van der Waals surface area contributed by atoms with Gasteiger partial charge in [0.15, 0.2) is 5.78 Å². The Morgan fingerprint density at radius 2 is 1.71 bits per heavy atom. The number of esters is 2. The average Bonchev–Trinajstić information content (AvgIpc) is 2.63. The van der Waals surface area contributed by atoms with Gasteiger partial charge >= 0.3 is 11.9 Å². The Bertz CT molecular complexity index is 624. The van der Waals surface area contributed by atoms with Crippen LogP contribution in [-0.2, 0) is 33.5 Å². The van der Waals surface area contributed by atoms with Crippen molar-refractivity contribution in [1.29, 1.82) is 0 Å². The molecule has 0 saturated heterocycles. The first-order valence-electron chi connectivity index (χ1n) is 9.59. The summed E-state index contributed by atoms with van der Waals surface area (Å²) in [6, 6.07) is 0. The first kappa shape index (κ1) is 23.8. The van der Waals surface area contributed by atoms with E-state index >= 15 is 0 Å². The van der Waals surface area contributed by atoms with Crippen molar-refractivity contribution < 1.29 is 33.5 Å². The first-order valence-corrected chi connectivity index (χ1v) is 9.59. The lowest BCUT2D eigenvalue weighted by molar-refractivity contribution is -0.159. The van der Waals surface area contributed by atoms with Gasteiger partial charge in [-0.15, -0.1) is 0 Å². The Morgan fingerprint density at radius 3 is 2.29 bits per heavy atom. The van der Waals surface area contributed by atoms with E-state index in [1.54, 1.807) is 20.8 Å². The number of hydrogen-bond donors (Lipinski definition) is 0. The second-order valence-electron chi connectivity index (χ2n) is 7.56. The minimum atomic E-state index is -1.09. The van der Waals surface area contributed by atoms with Crippen LogP contribution in [0, 0.1) is 17.3 Å². The molecular formula is C20H31NO7. The number of nitrogens with zero attached hydrogens (tertiary/aromatic N) is 1. The van der Waals surface area contributed by atoms with Crippen molar-refractivity contribution in [2.45, 2.75) is 59.3 Å². The van der Waals surface area contributed by atoms with Crippen molar-refractivity contribution >= 4 is 29.2 Å². The van der Waals surface area contributed by atoms with Gasteiger partial charge in [0.05, 0.1) is 19.9 Å². The number of unbranched alkanes of at least 4 members (excludes halogenated alkanes) is 2. The highest BCUT2D eigenvalue weighted by atomic mass is 16.6. The quantitative estimate of drug-likeness (QED) is 0.183. The molecule has 158 valence electrons. The molecule has 0 aromatic rings. The van der Waals surface area contributed by atoms with Crippen LogP contribution in [0.4, 0.5) is 0 Å². The SMILES string of the molecule is CCO/N=C(/CCCCCC(=O)OC)[C@H]1C(=O)CC(C)(C)[C@@H](C(=O)OC)C1=O. The highest BCUT2D eigenvalue weighted by Crippen LogP contribution is 2.40. The summed E-state index contributed by atoms with van der Waals surface area (Å²) in [4.78, 5) is 54.3. The van der Waals surface area contributed by atoms with Crippen LogP contribution < -0.4 is 0 Å². The van der Waals surface area contributed by atoms with Crippen molar-refractivity contribution in [1.82, 2.24) is 0 Å². The fraction of sp³-hybridized carbons (Fsp3) is 0.750. The Labute approximate surface area is 166 Å². The van der Waals surface area contributed by atoms with Crippen LogP contribution in [0.25, 0.3) is 0 Å². The summed E-state index contributed by atoms with van der Waals surface area (Å²) < 4.78 is 9.40. The number of oxime groups is 1. The van der Waals surface area contributed by atoms with Gasteiger partial charge in [0.1, 0.15) is 24.2 Å². The lowest BCUT2D eigenvalue weighted by atomic mass is 9.63. The zero-order valence-electron chi connectivity index (χ0n) is 17.4. The van der Waals surface area contributed by atoms with Gasteiger partial charge in [-0.3, -0.25) is 19.2 Å². The number of carbonyl (C=O) groups excluding carboxylic acids is 4. The minimum absolute atomic E-state index is 0.0800. The largest absolute Gasteiger partial charge is 0.469 e. The van der Waals surface area contributed by atoms with E-state index in [-0.39, 0.29) is 18.2 Å². The van der Waals surface area contributed by atoms with E-state index in [1.165, 1.54) is 14.2 Å². The van der Waals surface area contributed by atoms with Crippen molar-refractivity contribution in [3.05, 3.63) is 0 Å². The molecule has 0 bridgehead atoms. The monoisotopic (exact) mass is 397 g/mol. The van der Waals surface area contributed by atoms with E-state index in [2.05, 4.69) is 9.89 Å². The second-order valence-corrected chi connectivity index (χ2v) is 7.56. The van der Waals surface area contributed by atoms with Gasteiger partial charge in [-0.05, 0) is 31.6 Å². The summed E-state index contributed by atoms with van der Waals surface area (Å²) in [6.45, 7) is 5.48. The van der Waals surface area contributed by atoms with Gasteiger partial charge < -0.3 is 14.3 Å². The Kier molecular flexibility index (Phi) is 9.28. The number of rotatable bonds is 10. The first-order chi connectivity index (χ1) is 13.2. The average molecular weight is 397 g/mol. The predicted molar refractivity (Wildman–Crippen MR) is 102 cm³/mol. The van der Waals surface area contributed by atoms with Crippen LogP contribution in [0.5, 0.6) is 0 Å². The summed E-state index contributed by atoms with van der Waals surface area (Å²) in [7, 11) is 2.57. The van der Waals surface area contributed by atoms with Gasteiger partial charge in [0.25, 0.3) is 0 Å². The lowest BCUT2D eigenvalue weighted by Crippen LogP contribution is -2.52. The highest BCUT2D eigenvalue weighted by Gasteiger charge is 2.53. The van der Waals surface area contributed by atoms with E-state index in [4.69, 9.17) is 9.57 Å². The number of hydrogen-bond acceptors (Lipinski definition) is 8. The van der Waals surface area contributed by atoms with Crippen LogP contribution in [0.15, 0.2) is 5.16 Å². The molecule has 1 saturated carbocycles. The highest BCUT2D eigenvalue weighted by molar-refractivity contribution is 6.26. The Morgan fingerprint density at radius 1 is 1.07 bits per heavy atom. The van der Waals surface area contributed by atoms with Crippen LogP contribution in [0.2, 0.25) is 0 Å². The fourth-order valence-electron chi connectivity index (χ4n) is 3.51. The van der Waals surface area contributed by atoms with E-state index < -0.39 is 29.0 Å². The van der Waals surface area contributed by atoms with E-state index in [0.717, 1.165) is 0 Å². The van der Waals surface area contributed by atoms with Gasteiger partial charge in [-0.2, -0.15) is 0 Å². The normalized spacial score (nSPS) is 22.0. The molecule has 2 atom stereocenters. The molecule has 0 unspecified atom stereocenters. The topological polar surface area (TPSA) is 108 Å². The molecule has 8 nitrogen and oxygen atoms in total. The number of ketones is 2. The molecular weight excluding hydrogens is 366 g/mol. The van der Waals surface area contributed by atoms with Crippen LogP contribution in [0.1, 0.15) is 59.3 Å². The van der Waals surface area contributed by atoms with Crippen molar-refractivity contribution in [3.8, 4) is 0 Å². The second kappa shape index (κ2) is 10.9. The Balaban J connectivity index is 2.93. The van der Waals surface area contributed by atoms with Gasteiger partial charge in [-0.1, -0.05) is 25.4 Å². The van der Waals surface area contributed by atoms with E-state index in [1.807, 2.05) is 0 Å². The molecule has 0 amide bonds. The van der Waals surface area contributed by atoms with Crippen LogP contribution in [-0.4, -0.2) is 50.0 Å². The molecule has 0 N–H and O–H groups in total. The predicted octanol–water partition coefficient (Wildman–Crippen LogP) is 2.48. The third kappa shape index (κ3) is 6.14. The molecule has 0 aliphatic heterocycles. The van der Waals surface area contributed by atoms with Crippen molar-refractivity contribution in [2.75, 3.05) is 20.8 Å². The van der Waals surface area contributed by atoms with E-state index in [9.17, 15) is 19.2 Å². The molecule has 8 heteroatoms. The molecule has 0 heterocycles. The number of ether oxygens (including phenoxy) is 2. The maximum absolute atomic E-state index is 13.1. The lowest BCUT2D eigenvalue weighted by Gasteiger charge is -2.38. The van der Waals surface area contributed by atoms with Crippen molar-refractivity contribution in [3.63, 3.8) is 0 Å². The number of methoxy groups -OCH3 is 2. The summed E-state index contributed by atoms with van der Waals surface area (Å²) in [5.74, 6) is -3.77. The third-order valence-electron chi connectivity index (χ3n) is 4.92. The van der Waals surface area contributed by atoms with Gasteiger partial charge in [-0.25, -0.2) is 0 Å². The number of carbonyl (C=O) groups is 4. The smallest absolute Gasteiger partial charge is 0.316 e. The molecule has 1 aliphatic rings. The Hall–Kier alpha value is -2.25. The zero-order valence-corrected chi connectivity index (χ0v) is 17.4. The molecule has 0 spiro atoms. The van der Waals surface area contributed by atoms with E-state index in [0.29, 0.717) is 44.4 Å². The molecule has 1 rings (SSSR count). The maximum atomic E-state index is 13.1. The molecule has 1 aliphatic carbocycles. The summed E-state index contributed by atoms with van der Waals surface area (Å²) >= 11 is 0. The third-order valence-corrected chi connectivity index (χ3v) is 4.92.